The van der Waals surface area contributed by atoms with E-state index in [0.29, 0.717) is 23.8 Å². The van der Waals surface area contributed by atoms with E-state index in [2.05, 4.69) is 20.4 Å². The van der Waals surface area contributed by atoms with Crippen LogP contribution in [-0.2, 0) is 4.74 Å². The molecule has 7 nitrogen and oxygen atoms in total. The second-order valence-electron chi connectivity index (χ2n) is 6.60. The summed E-state index contributed by atoms with van der Waals surface area (Å²) in [5.74, 6) is 0.894. The summed E-state index contributed by atoms with van der Waals surface area (Å²) in [4.78, 5) is 15.8. The first-order chi connectivity index (χ1) is 12.2. The molecule has 25 heavy (non-hydrogen) atoms. The molecular formula is C17H26ClN5O2. The van der Waals surface area contributed by atoms with Crippen molar-refractivity contribution in [3.05, 3.63) is 17.3 Å². The lowest BCUT2D eigenvalue weighted by Gasteiger charge is -2.37. The molecule has 0 bridgehead atoms. The first kappa shape index (κ1) is 18.2. The van der Waals surface area contributed by atoms with Gasteiger partial charge in [0.05, 0.1) is 6.61 Å². The van der Waals surface area contributed by atoms with E-state index in [-0.39, 0.29) is 6.09 Å². The molecule has 2 fully saturated rings. The minimum absolute atomic E-state index is 0.182. The van der Waals surface area contributed by atoms with E-state index in [9.17, 15) is 4.79 Å². The van der Waals surface area contributed by atoms with Crippen LogP contribution < -0.4 is 10.2 Å². The summed E-state index contributed by atoms with van der Waals surface area (Å²) in [6, 6.07) is 4.72. The minimum atomic E-state index is -0.182. The number of hydrogen-bond acceptors (Lipinski definition) is 6. The lowest BCUT2D eigenvalue weighted by atomic mass is 9.99. The number of nitrogens with zero attached hydrogens (tertiary/aromatic N) is 4. The fraction of sp³-hybridized carbons (Fsp3) is 0.706. The Kier molecular flexibility index (Phi) is 6.31. The summed E-state index contributed by atoms with van der Waals surface area (Å²) in [6.07, 6.45) is 3.96. The van der Waals surface area contributed by atoms with Crippen LogP contribution in [0.15, 0.2) is 12.1 Å². The van der Waals surface area contributed by atoms with E-state index in [1.54, 1.807) is 6.07 Å². The van der Waals surface area contributed by atoms with Crippen molar-refractivity contribution in [2.75, 3.05) is 37.7 Å². The van der Waals surface area contributed by atoms with E-state index in [4.69, 9.17) is 16.3 Å². The number of amides is 1. The predicted octanol–water partition coefficient (Wildman–Crippen LogP) is 2.31. The third-order valence-corrected chi connectivity index (χ3v) is 5.13. The number of piperidine rings is 2. The largest absolute Gasteiger partial charge is 0.450 e. The summed E-state index contributed by atoms with van der Waals surface area (Å²) < 4.78 is 5.07. The van der Waals surface area contributed by atoms with Crippen LogP contribution in [0.1, 0.15) is 32.6 Å². The number of nitrogens with one attached hydrogen (secondary N) is 1. The zero-order valence-corrected chi connectivity index (χ0v) is 15.4. The number of ether oxygens (including phenoxy) is 1. The van der Waals surface area contributed by atoms with E-state index >= 15 is 0 Å². The standard InChI is InChI=1S/C17H26ClN5O2/c1-2-25-17(24)23-11-7-14(8-12-23)19-13-5-9-22(10-6-13)16-4-3-15(18)20-21-16/h3-4,13-14,19H,2,5-12H2,1H3. The molecule has 8 heteroatoms. The van der Waals surface area contributed by atoms with Crippen molar-refractivity contribution in [3.63, 3.8) is 0 Å². The lowest BCUT2D eigenvalue weighted by Crippen LogP contribution is -2.50. The first-order valence-corrected chi connectivity index (χ1v) is 9.45. The van der Waals surface area contributed by atoms with Crippen LogP contribution in [0.25, 0.3) is 0 Å². The molecule has 0 spiro atoms. The van der Waals surface area contributed by atoms with Crippen LogP contribution in [0.5, 0.6) is 0 Å². The van der Waals surface area contributed by atoms with Gasteiger partial charge in [-0.2, -0.15) is 0 Å². The predicted molar refractivity (Wildman–Crippen MR) is 97.0 cm³/mol. The van der Waals surface area contributed by atoms with Crippen LogP contribution >= 0.6 is 11.6 Å². The molecule has 1 amide bonds. The average Bonchev–Trinajstić information content (AvgIpc) is 2.64. The molecule has 1 aromatic heterocycles. The molecular weight excluding hydrogens is 342 g/mol. The van der Waals surface area contributed by atoms with Crippen molar-refractivity contribution < 1.29 is 9.53 Å². The number of hydrogen-bond donors (Lipinski definition) is 1. The Morgan fingerprint density at radius 2 is 1.80 bits per heavy atom. The molecule has 2 aliphatic heterocycles. The molecule has 2 aliphatic rings. The van der Waals surface area contributed by atoms with Gasteiger partial charge in [-0.15, -0.1) is 10.2 Å². The number of rotatable bonds is 4. The first-order valence-electron chi connectivity index (χ1n) is 9.07. The second kappa shape index (κ2) is 8.67. The third-order valence-electron chi connectivity index (χ3n) is 4.93. The van der Waals surface area contributed by atoms with Crippen LogP contribution in [0.2, 0.25) is 5.15 Å². The van der Waals surface area contributed by atoms with Crippen LogP contribution in [0.4, 0.5) is 10.6 Å². The Balaban J connectivity index is 1.40. The highest BCUT2D eigenvalue weighted by atomic mass is 35.5. The van der Waals surface area contributed by atoms with Gasteiger partial charge in [0.25, 0.3) is 0 Å². The molecule has 1 N–H and O–H groups in total. The van der Waals surface area contributed by atoms with Gasteiger partial charge in [0.1, 0.15) is 0 Å². The van der Waals surface area contributed by atoms with Gasteiger partial charge in [-0.1, -0.05) is 11.6 Å². The van der Waals surface area contributed by atoms with Gasteiger partial charge < -0.3 is 19.9 Å². The maximum atomic E-state index is 11.7. The molecule has 138 valence electrons. The molecule has 0 saturated carbocycles. The van der Waals surface area contributed by atoms with Gasteiger partial charge in [0.15, 0.2) is 11.0 Å². The number of carbonyl (C=O) groups excluding carboxylic acids is 1. The quantitative estimate of drug-likeness (QED) is 0.880. The summed E-state index contributed by atoms with van der Waals surface area (Å²) in [5.41, 5.74) is 0. The van der Waals surface area contributed by atoms with Gasteiger partial charge in [0.2, 0.25) is 0 Å². The molecule has 0 unspecified atom stereocenters. The van der Waals surface area contributed by atoms with Crippen molar-refractivity contribution in [2.24, 2.45) is 0 Å². The van der Waals surface area contributed by atoms with E-state index in [0.717, 1.165) is 57.7 Å². The topological polar surface area (TPSA) is 70.6 Å². The molecule has 1 aromatic rings. The molecule has 0 radical (unpaired) electrons. The van der Waals surface area contributed by atoms with Gasteiger partial charge in [-0.05, 0) is 44.7 Å². The Morgan fingerprint density at radius 3 is 2.36 bits per heavy atom. The fourth-order valence-corrected chi connectivity index (χ4v) is 3.63. The van der Waals surface area contributed by atoms with Crippen molar-refractivity contribution in [1.29, 1.82) is 0 Å². The smallest absolute Gasteiger partial charge is 0.409 e. The molecule has 2 saturated heterocycles. The summed E-state index contributed by atoms with van der Waals surface area (Å²) >= 11 is 5.80. The fourth-order valence-electron chi connectivity index (χ4n) is 3.53. The lowest BCUT2D eigenvalue weighted by molar-refractivity contribution is 0.0938. The number of anilines is 1. The SMILES string of the molecule is CCOC(=O)N1CCC(NC2CCN(c3ccc(Cl)nn3)CC2)CC1. The summed E-state index contributed by atoms with van der Waals surface area (Å²) in [5, 5.41) is 12.3. The van der Waals surface area contributed by atoms with Gasteiger partial charge >= 0.3 is 6.09 Å². The highest BCUT2D eigenvalue weighted by molar-refractivity contribution is 6.29. The van der Waals surface area contributed by atoms with Crippen LogP contribution in [0, 0.1) is 0 Å². The van der Waals surface area contributed by atoms with Crippen molar-refractivity contribution >= 4 is 23.5 Å². The van der Waals surface area contributed by atoms with Crippen LogP contribution in [-0.4, -0.2) is 66.1 Å². The monoisotopic (exact) mass is 367 g/mol. The Hall–Kier alpha value is -1.60. The van der Waals surface area contributed by atoms with Crippen molar-refractivity contribution in [3.8, 4) is 0 Å². The third kappa shape index (κ3) is 4.95. The number of aromatic nitrogens is 2. The molecule has 0 atom stereocenters. The summed E-state index contributed by atoms with van der Waals surface area (Å²) in [7, 11) is 0. The number of halogens is 1. The zero-order valence-electron chi connectivity index (χ0n) is 14.7. The maximum absolute atomic E-state index is 11.7. The Labute approximate surface area is 153 Å². The van der Waals surface area contributed by atoms with Gasteiger partial charge in [0, 0.05) is 38.3 Å². The highest BCUT2D eigenvalue weighted by Crippen LogP contribution is 2.20. The van der Waals surface area contributed by atoms with Crippen LogP contribution in [0.3, 0.4) is 0 Å². The zero-order chi connectivity index (χ0) is 17.6. The number of carbonyl (C=O) groups is 1. The average molecular weight is 368 g/mol. The normalized spacial score (nSPS) is 19.9. The molecule has 0 aromatic carbocycles. The van der Waals surface area contributed by atoms with E-state index in [1.165, 1.54) is 0 Å². The second-order valence-corrected chi connectivity index (χ2v) is 6.99. The minimum Gasteiger partial charge on any atom is -0.450 e. The number of likely N-dealkylation sites (tertiary alicyclic amines) is 1. The van der Waals surface area contributed by atoms with Gasteiger partial charge in [-0.3, -0.25) is 0 Å². The highest BCUT2D eigenvalue weighted by Gasteiger charge is 2.27. The van der Waals surface area contributed by atoms with Gasteiger partial charge in [-0.25, -0.2) is 4.79 Å². The van der Waals surface area contributed by atoms with E-state index < -0.39 is 0 Å². The molecule has 0 aliphatic carbocycles. The maximum Gasteiger partial charge on any atom is 0.409 e. The Bertz CT molecular complexity index is 555. The molecule has 3 rings (SSSR count). The molecule has 3 heterocycles. The van der Waals surface area contributed by atoms with Crippen molar-refractivity contribution in [1.82, 2.24) is 20.4 Å². The summed E-state index contributed by atoms with van der Waals surface area (Å²) in [6.45, 7) is 5.76. The van der Waals surface area contributed by atoms with Crippen molar-refractivity contribution in [2.45, 2.75) is 44.7 Å². The van der Waals surface area contributed by atoms with E-state index in [1.807, 2.05) is 17.9 Å². The Morgan fingerprint density at radius 1 is 1.16 bits per heavy atom.